The molecule has 1 unspecified atom stereocenters. The second-order valence-corrected chi connectivity index (χ2v) is 19.6. The molecule has 0 aromatic rings. The molecule has 0 aliphatic heterocycles. The number of hydrogen-bond acceptors (Lipinski definition) is 3. The van der Waals surface area contributed by atoms with Gasteiger partial charge in [0.15, 0.2) is 14.1 Å². The van der Waals surface area contributed by atoms with Crippen LogP contribution in [0.15, 0.2) is 35.5 Å². The van der Waals surface area contributed by atoms with Crippen LogP contribution < -0.4 is 0 Å². The molecular formula is C33H56O3Si. The highest BCUT2D eigenvalue weighted by atomic mass is 28.4. The molecule has 0 aromatic heterocycles. The van der Waals surface area contributed by atoms with Crippen molar-refractivity contribution in [3.8, 4) is 0 Å². The van der Waals surface area contributed by atoms with Crippen molar-refractivity contribution in [3.63, 3.8) is 0 Å². The van der Waals surface area contributed by atoms with Crippen LogP contribution in [0.3, 0.4) is 0 Å². The topological polar surface area (TPSA) is 46.5 Å². The molecular weight excluding hydrogens is 472 g/mol. The standard InChI is InChI=1S/C33H56O3Si/c1-23-13-17-27(36-37(9,10)31(3,4)5)22-26(23)16-15-25-12-11-21-33(8)28(18-19-29(25)33)24(2)14-20-30(34)32(6,7)35/h15-16,24,27-29,35H,1,11-14,17-22H2,2-10H3/t24-,27+,28-,29?,33-/m1/s1. The summed E-state index contributed by atoms with van der Waals surface area (Å²) in [4.78, 5) is 12.3. The van der Waals surface area contributed by atoms with Crippen LogP contribution in [-0.2, 0) is 9.22 Å². The number of carbonyl (C=O) groups excluding carboxylic acids is 1. The Morgan fingerprint density at radius 3 is 2.46 bits per heavy atom. The van der Waals surface area contributed by atoms with Crippen molar-refractivity contribution < 1.29 is 14.3 Å². The lowest BCUT2D eigenvalue weighted by molar-refractivity contribution is -0.134. The summed E-state index contributed by atoms with van der Waals surface area (Å²) in [6.45, 7) is 24.2. The Labute approximate surface area is 229 Å². The molecule has 3 fully saturated rings. The van der Waals surface area contributed by atoms with Crippen molar-refractivity contribution in [3.05, 3.63) is 35.5 Å². The molecule has 3 nitrogen and oxygen atoms in total. The first-order valence-electron chi connectivity index (χ1n) is 15.0. The van der Waals surface area contributed by atoms with Gasteiger partial charge in [-0.25, -0.2) is 0 Å². The summed E-state index contributed by atoms with van der Waals surface area (Å²) in [7, 11) is -1.78. The Morgan fingerprint density at radius 2 is 1.84 bits per heavy atom. The molecule has 0 bridgehead atoms. The molecule has 0 amide bonds. The van der Waals surface area contributed by atoms with E-state index in [1.807, 2.05) is 0 Å². The van der Waals surface area contributed by atoms with Gasteiger partial charge in [-0.05, 0) is 119 Å². The van der Waals surface area contributed by atoms with E-state index in [0.29, 0.717) is 35.7 Å². The number of fused-ring (bicyclic) bond motifs is 1. The van der Waals surface area contributed by atoms with Gasteiger partial charge in [0.1, 0.15) is 5.60 Å². The third-order valence-electron chi connectivity index (χ3n) is 10.7. The molecule has 3 aliphatic carbocycles. The quantitative estimate of drug-likeness (QED) is 0.320. The predicted octanol–water partition coefficient (Wildman–Crippen LogP) is 8.94. The highest BCUT2D eigenvalue weighted by Gasteiger charge is 2.50. The van der Waals surface area contributed by atoms with Gasteiger partial charge in [0.2, 0.25) is 0 Å². The third-order valence-corrected chi connectivity index (χ3v) is 15.2. The van der Waals surface area contributed by atoms with Crippen LogP contribution in [0.5, 0.6) is 0 Å². The van der Waals surface area contributed by atoms with Crippen molar-refractivity contribution in [1.29, 1.82) is 0 Å². The van der Waals surface area contributed by atoms with E-state index in [1.54, 1.807) is 19.4 Å². The maximum atomic E-state index is 12.3. The molecule has 0 saturated heterocycles. The van der Waals surface area contributed by atoms with E-state index in [1.165, 1.54) is 43.3 Å². The third kappa shape index (κ3) is 6.97. The predicted molar refractivity (Wildman–Crippen MR) is 159 cm³/mol. The lowest BCUT2D eigenvalue weighted by Gasteiger charge is -2.44. The SMILES string of the molecule is C=C1CC[C@H](O[Si](C)(C)C(C)(C)C)CC1=CC=C1CCC[C@@]2(C)C1CC[C@@H]2[C@H](C)CCC(=O)C(C)(C)O. The van der Waals surface area contributed by atoms with Crippen LogP contribution >= 0.6 is 0 Å². The van der Waals surface area contributed by atoms with Gasteiger partial charge in [0, 0.05) is 12.5 Å². The maximum absolute atomic E-state index is 12.3. The van der Waals surface area contributed by atoms with E-state index in [-0.39, 0.29) is 10.8 Å². The fourth-order valence-electron chi connectivity index (χ4n) is 7.16. The minimum Gasteiger partial charge on any atom is -0.414 e. The fraction of sp³-hybridized carbons (Fsp3) is 0.788. The van der Waals surface area contributed by atoms with E-state index >= 15 is 0 Å². The smallest absolute Gasteiger partial charge is 0.192 e. The summed E-state index contributed by atoms with van der Waals surface area (Å²) in [5.74, 6) is 1.77. The first-order valence-corrected chi connectivity index (χ1v) is 17.9. The molecule has 0 aromatic carbocycles. The van der Waals surface area contributed by atoms with Crippen LogP contribution in [0, 0.1) is 23.2 Å². The van der Waals surface area contributed by atoms with Gasteiger partial charge in [-0.1, -0.05) is 64.5 Å². The van der Waals surface area contributed by atoms with Gasteiger partial charge in [-0.15, -0.1) is 0 Å². The van der Waals surface area contributed by atoms with Crippen LogP contribution in [0.4, 0.5) is 0 Å². The van der Waals surface area contributed by atoms with Crippen LogP contribution in [0.2, 0.25) is 18.1 Å². The van der Waals surface area contributed by atoms with E-state index in [0.717, 1.165) is 25.7 Å². The zero-order valence-corrected chi connectivity index (χ0v) is 26.5. The summed E-state index contributed by atoms with van der Waals surface area (Å²) < 4.78 is 6.80. The molecule has 3 aliphatic rings. The zero-order chi connectivity index (χ0) is 27.8. The monoisotopic (exact) mass is 528 g/mol. The van der Waals surface area contributed by atoms with Gasteiger partial charge < -0.3 is 9.53 Å². The minimum atomic E-state index is -1.78. The summed E-state index contributed by atoms with van der Waals surface area (Å²) in [5.41, 5.74) is 3.41. The lowest BCUT2D eigenvalue weighted by Crippen LogP contribution is -2.44. The van der Waals surface area contributed by atoms with Crippen LogP contribution in [0.25, 0.3) is 0 Å². The molecule has 5 atom stereocenters. The first kappa shape index (κ1) is 30.6. The van der Waals surface area contributed by atoms with Gasteiger partial charge in [0.05, 0.1) is 0 Å². The number of hydrogen-bond donors (Lipinski definition) is 1. The average molecular weight is 529 g/mol. The van der Waals surface area contributed by atoms with Crippen molar-refractivity contribution >= 4 is 14.1 Å². The molecule has 0 spiro atoms. The molecule has 0 radical (unpaired) electrons. The van der Waals surface area contributed by atoms with Gasteiger partial charge in [-0.3, -0.25) is 4.79 Å². The van der Waals surface area contributed by atoms with Gasteiger partial charge >= 0.3 is 0 Å². The summed E-state index contributed by atoms with van der Waals surface area (Å²) in [6, 6.07) is 0. The highest BCUT2D eigenvalue weighted by Crippen LogP contribution is 2.60. The maximum Gasteiger partial charge on any atom is 0.192 e. The normalized spacial score (nSPS) is 32.6. The Morgan fingerprint density at radius 1 is 1.16 bits per heavy atom. The molecule has 37 heavy (non-hydrogen) atoms. The van der Waals surface area contributed by atoms with Crippen LogP contribution in [-0.4, -0.2) is 30.9 Å². The van der Waals surface area contributed by atoms with Crippen molar-refractivity contribution in [2.75, 3.05) is 0 Å². The number of rotatable bonds is 8. The molecule has 3 saturated carbocycles. The van der Waals surface area contributed by atoms with E-state index in [4.69, 9.17) is 4.43 Å². The number of Topliss-reactive ketones (excluding diaryl/α,β-unsaturated/α-hetero) is 1. The highest BCUT2D eigenvalue weighted by molar-refractivity contribution is 6.74. The Bertz CT molecular complexity index is 913. The number of ketones is 1. The molecule has 4 heteroatoms. The van der Waals surface area contributed by atoms with Crippen molar-refractivity contribution in [2.45, 2.75) is 143 Å². The number of aliphatic hydroxyl groups is 1. The van der Waals surface area contributed by atoms with Gasteiger partial charge in [-0.2, -0.15) is 0 Å². The van der Waals surface area contributed by atoms with Gasteiger partial charge in [0.25, 0.3) is 0 Å². The van der Waals surface area contributed by atoms with E-state index < -0.39 is 13.9 Å². The lowest BCUT2D eigenvalue weighted by atomic mass is 9.60. The molecule has 210 valence electrons. The average Bonchev–Trinajstić information content (AvgIpc) is 3.13. The summed E-state index contributed by atoms with van der Waals surface area (Å²) in [5, 5.41) is 10.3. The zero-order valence-electron chi connectivity index (χ0n) is 25.5. The van der Waals surface area contributed by atoms with E-state index in [9.17, 15) is 9.90 Å². The second-order valence-electron chi connectivity index (χ2n) is 14.9. The van der Waals surface area contributed by atoms with Crippen molar-refractivity contribution in [2.24, 2.45) is 23.2 Å². The summed E-state index contributed by atoms with van der Waals surface area (Å²) >= 11 is 0. The molecule has 0 heterocycles. The second kappa shape index (κ2) is 11.3. The minimum absolute atomic E-state index is 0.0292. The molecule has 3 rings (SSSR count). The Balaban J connectivity index is 1.70. The Kier molecular flexibility index (Phi) is 9.30. The molecule has 1 N–H and O–H groups in total. The summed E-state index contributed by atoms with van der Waals surface area (Å²) in [6.07, 6.45) is 15.9. The van der Waals surface area contributed by atoms with E-state index in [2.05, 4.69) is 66.4 Å². The van der Waals surface area contributed by atoms with Crippen LogP contribution in [0.1, 0.15) is 113 Å². The first-order chi connectivity index (χ1) is 17.0. The van der Waals surface area contributed by atoms with Crippen molar-refractivity contribution in [1.82, 2.24) is 0 Å². The number of allylic oxidation sites excluding steroid dienone is 4. The Hall–Kier alpha value is -0.973. The largest absolute Gasteiger partial charge is 0.414 e. The fourth-order valence-corrected chi connectivity index (χ4v) is 8.54. The number of carbonyl (C=O) groups is 1.